The van der Waals surface area contributed by atoms with Gasteiger partial charge in [-0.05, 0) is 44.2 Å². The van der Waals surface area contributed by atoms with Crippen molar-refractivity contribution in [1.29, 1.82) is 0 Å². The van der Waals surface area contributed by atoms with Crippen molar-refractivity contribution in [3.05, 3.63) is 57.4 Å². The molecule has 4 rings (SSSR count). The van der Waals surface area contributed by atoms with Crippen LogP contribution in [0.1, 0.15) is 30.9 Å². The minimum Gasteiger partial charge on any atom is -0.479 e. The second kappa shape index (κ2) is 8.29. The normalized spacial score (nSPS) is 14.0. The average Bonchev–Trinajstić information content (AvgIpc) is 3.38. The zero-order valence-electron chi connectivity index (χ0n) is 16.1. The quantitative estimate of drug-likeness (QED) is 0.473. The first-order valence-electron chi connectivity index (χ1n) is 9.71. The minimum absolute atomic E-state index is 0.234. The number of hydrogen-bond donors (Lipinski definition) is 1. The second-order valence-electron chi connectivity index (χ2n) is 7.18. The lowest BCUT2D eigenvalue weighted by molar-refractivity contribution is -0.127. The highest BCUT2D eigenvalue weighted by atomic mass is 35.5. The van der Waals surface area contributed by atoms with Crippen molar-refractivity contribution >= 4 is 28.5 Å². The van der Waals surface area contributed by atoms with E-state index < -0.39 is 6.10 Å². The number of benzene rings is 1. The Hall–Kier alpha value is -2.80. The number of carbonyl (C=O) groups excluding carboxylic acids is 1. The Morgan fingerprint density at radius 2 is 2.21 bits per heavy atom. The first-order valence-corrected chi connectivity index (χ1v) is 10.1. The molecule has 0 spiro atoms. The van der Waals surface area contributed by atoms with Crippen molar-refractivity contribution in [3.63, 3.8) is 0 Å². The molecule has 0 aliphatic heterocycles. The monoisotopic (exact) mass is 415 g/mol. The SMILES string of the molecule is C[C@H](Oc1cc2oc(=O)c3c(c2cc1Cl)CCC3)C(=O)NCCCn1ccnc1. The van der Waals surface area contributed by atoms with Crippen LogP contribution in [0.25, 0.3) is 11.0 Å². The summed E-state index contributed by atoms with van der Waals surface area (Å²) in [5.74, 6) is 0.0866. The highest BCUT2D eigenvalue weighted by Crippen LogP contribution is 2.35. The maximum atomic E-state index is 12.3. The zero-order chi connectivity index (χ0) is 20.4. The summed E-state index contributed by atoms with van der Waals surface area (Å²) in [6, 6.07) is 3.36. The molecule has 3 aromatic rings. The molecule has 7 nitrogen and oxygen atoms in total. The van der Waals surface area contributed by atoms with Gasteiger partial charge in [0.05, 0.1) is 11.3 Å². The third kappa shape index (κ3) is 4.15. The number of carbonyl (C=O) groups is 1. The fourth-order valence-corrected chi connectivity index (χ4v) is 3.86. The lowest BCUT2D eigenvalue weighted by Gasteiger charge is -2.16. The summed E-state index contributed by atoms with van der Waals surface area (Å²) in [6.07, 6.45) is 7.89. The Bertz CT molecular complexity index is 1090. The Morgan fingerprint density at radius 3 is 3.00 bits per heavy atom. The summed E-state index contributed by atoms with van der Waals surface area (Å²) < 4.78 is 13.2. The summed E-state index contributed by atoms with van der Waals surface area (Å²) in [4.78, 5) is 28.5. The number of aryl methyl sites for hydroxylation is 2. The third-order valence-corrected chi connectivity index (χ3v) is 5.45. The summed E-state index contributed by atoms with van der Waals surface area (Å²) >= 11 is 6.39. The molecule has 0 unspecified atom stereocenters. The van der Waals surface area contributed by atoms with Crippen LogP contribution >= 0.6 is 11.6 Å². The number of fused-ring (bicyclic) bond motifs is 3. The maximum Gasteiger partial charge on any atom is 0.339 e. The van der Waals surface area contributed by atoms with Crippen LogP contribution in [-0.2, 0) is 24.2 Å². The van der Waals surface area contributed by atoms with Gasteiger partial charge in [0.2, 0.25) is 0 Å². The molecule has 0 fully saturated rings. The molecule has 1 atom stereocenters. The number of aromatic nitrogens is 2. The molecule has 1 N–H and O–H groups in total. The van der Waals surface area contributed by atoms with Crippen molar-refractivity contribution < 1.29 is 13.9 Å². The van der Waals surface area contributed by atoms with Crippen LogP contribution in [0.15, 0.2) is 40.1 Å². The van der Waals surface area contributed by atoms with Crippen LogP contribution in [0.4, 0.5) is 0 Å². The Morgan fingerprint density at radius 1 is 1.38 bits per heavy atom. The number of amides is 1. The van der Waals surface area contributed by atoms with Crippen LogP contribution < -0.4 is 15.7 Å². The van der Waals surface area contributed by atoms with E-state index >= 15 is 0 Å². The molecule has 29 heavy (non-hydrogen) atoms. The van der Waals surface area contributed by atoms with E-state index in [4.69, 9.17) is 20.8 Å². The molecule has 2 aromatic heterocycles. The molecule has 0 bridgehead atoms. The van der Waals surface area contributed by atoms with Gasteiger partial charge in [0.25, 0.3) is 5.91 Å². The molecule has 0 radical (unpaired) electrons. The van der Waals surface area contributed by atoms with Crippen molar-refractivity contribution in [3.8, 4) is 5.75 Å². The van der Waals surface area contributed by atoms with E-state index in [-0.39, 0.29) is 11.5 Å². The summed E-state index contributed by atoms with van der Waals surface area (Å²) in [5, 5.41) is 4.08. The van der Waals surface area contributed by atoms with E-state index in [9.17, 15) is 9.59 Å². The van der Waals surface area contributed by atoms with Gasteiger partial charge in [0, 0.05) is 42.5 Å². The fraction of sp³-hybridized carbons (Fsp3) is 0.381. The predicted octanol–water partition coefficient (Wildman–Crippen LogP) is 3.11. The number of halogens is 1. The largest absolute Gasteiger partial charge is 0.479 e. The van der Waals surface area contributed by atoms with Gasteiger partial charge in [0.1, 0.15) is 11.3 Å². The average molecular weight is 416 g/mol. The molecular weight excluding hydrogens is 394 g/mol. The number of nitrogens with one attached hydrogen (secondary N) is 1. The Labute approximate surface area is 172 Å². The Balaban J connectivity index is 1.41. The molecule has 0 saturated carbocycles. The van der Waals surface area contributed by atoms with E-state index in [0.29, 0.717) is 22.9 Å². The van der Waals surface area contributed by atoms with E-state index in [1.54, 1.807) is 31.6 Å². The van der Waals surface area contributed by atoms with Gasteiger partial charge in [-0.3, -0.25) is 4.79 Å². The molecule has 1 aliphatic carbocycles. The van der Waals surface area contributed by atoms with E-state index in [1.165, 1.54) is 0 Å². The van der Waals surface area contributed by atoms with Gasteiger partial charge in [-0.1, -0.05) is 11.6 Å². The van der Waals surface area contributed by atoms with Gasteiger partial charge in [-0.15, -0.1) is 0 Å². The van der Waals surface area contributed by atoms with Crippen molar-refractivity contribution in [2.45, 2.75) is 45.3 Å². The van der Waals surface area contributed by atoms with Crippen LogP contribution in [-0.4, -0.2) is 28.1 Å². The second-order valence-corrected chi connectivity index (χ2v) is 7.59. The van der Waals surface area contributed by atoms with Crippen molar-refractivity contribution in [2.75, 3.05) is 6.54 Å². The van der Waals surface area contributed by atoms with Crippen LogP contribution in [0.2, 0.25) is 5.02 Å². The summed E-state index contributed by atoms with van der Waals surface area (Å²) in [7, 11) is 0. The van der Waals surface area contributed by atoms with Crippen LogP contribution in [0, 0.1) is 0 Å². The van der Waals surface area contributed by atoms with E-state index in [0.717, 1.165) is 48.7 Å². The predicted molar refractivity (Wildman–Crippen MR) is 109 cm³/mol. The summed E-state index contributed by atoms with van der Waals surface area (Å²) in [6.45, 7) is 2.96. The molecule has 2 heterocycles. The zero-order valence-corrected chi connectivity index (χ0v) is 16.9. The first-order chi connectivity index (χ1) is 14.0. The minimum atomic E-state index is -0.737. The molecule has 0 saturated heterocycles. The molecule has 152 valence electrons. The van der Waals surface area contributed by atoms with Gasteiger partial charge in [-0.2, -0.15) is 0 Å². The first kappa shape index (κ1) is 19.5. The van der Waals surface area contributed by atoms with Crippen molar-refractivity contribution in [1.82, 2.24) is 14.9 Å². The van der Waals surface area contributed by atoms with Gasteiger partial charge < -0.3 is 19.0 Å². The topological polar surface area (TPSA) is 86.4 Å². The van der Waals surface area contributed by atoms with Gasteiger partial charge in [0.15, 0.2) is 6.10 Å². The van der Waals surface area contributed by atoms with Crippen molar-refractivity contribution in [2.24, 2.45) is 0 Å². The lowest BCUT2D eigenvalue weighted by atomic mass is 10.1. The van der Waals surface area contributed by atoms with E-state index in [2.05, 4.69) is 10.3 Å². The number of hydrogen-bond acceptors (Lipinski definition) is 5. The molecule has 1 aromatic carbocycles. The fourth-order valence-electron chi connectivity index (χ4n) is 3.65. The van der Waals surface area contributed by atoms with Gasteiger partial charge >= 0.3 is 5.63 Å². The number of ether oxygens (including phenoxy) is 1. The smallest absolute Gasteiger partial charge is 0.339 e. The third-order valence-electron chi connectivity index (χ3n) is 5.15. The van der Waals surface area contributed by atoms with Gasteiger partial charge in [-0.25, -0.2) is 9.78 Å². The highest BCUT2D eigenvalue weighted by Gasteiger charge is 2.22. The molecule has 1 amide bonds. The highest BCUT2D eigenvalue weighted by molar-refractivity contribution is 6.32. The molecule has 1 aliphatic rings. The maximum absolute atomic E-state index is 12.3. The molecule has 8 heteroatoms. The number of imidazole rings is 1. The van der Waals surface area contributed by atoms with Crippen LogP contribution in [0.5, 0.6) is 5.75 Å². The number of rotatable bonds is 7. The lowest BCUT2D eigenvalue weighted by Crippen LogP contribution is -2.37. The number of nitrogens with zero attached hydrogens (tertiary/aromatic N) is 2. The van der Waals surface area contributed by atoms with Crippen LogP contribution in [0.3, 0.4) is 0 Å². The standard InChI is InChI=1S/C21H22ClN3O4/c1-13(20(26)24-6-3-8-25-9-7-23-12-25)28-19-11-18-16(10-17(19)22)14-4-2-5-15(14)21(27)29-18/h7,9-13H,2-6,8H2,1H3,(H,24,26)/t13-/m0/s1. The molecular formula is C21H22ClN3O4. The Kier molecular flexibility index (Phi) is 5.58. The van der Waals surface area contributed by atoms with E-state index in [1.807, 2.05) is 10.8 Å². The summed E-state index contributed by atoms with van der Waals surface area (Å²) in [5.41, 5.74) is 1.88.